The summed E-state index contributed by atoms with van der Waals surface area (Å²) in [5.41, 5.74) is 7.04. The molecule has 1 nitrogen and oxygen atoms in total. The van der Waals surface area contributed by atoms with Gasteiger partial charge in [0.05, 0.1) is 12.3 Å². The molecule has 1 aromatic heterocycles. The molecule has 1 heteroatoms. The van der Waals surface area contributed by atoms with E-state index in [2.05, 4.69) is 58.0 Å². The van der Waals surface area contributed by atoms with Gasteiger partial charge in [-0.25, -0.2) is 4.57 Å². The molecule has 0 unspecified atom stereocenters. The summed E-state index contributed by atoms with van der Waals surface area (Å²) in [4.78, 5) is 0. The number of pyridine rings is 1. The Balaban J connectivity index is 1.93. The number of hydrogen-bond acceptors (Lipinski definition) is 0. The quantitative estimate of drug-likeness (QED) is 0.393. The van der Waals surface area contributed by atoms with E-state index < -0.39 is 5.89 Å². The highest BCUT2D eigenvalue weighted by Crippen LogP contribution is 2.43. The molecule has 0 atom stereocenters. The van der Waals surface area contributed by atoms with Gasteiger partial charge in [0.2, 0.25) is 5.69 Å². The molecule has 1 aliphatic carbocycles. The minimum atomic E-state index is -0.706. The number of nitrogens with zero attached hydrogens (tertiary/aromatic N) is 1. The third-order valence-electron chi connectivity index (χ3n) is 7.30. The summed E-state index contributed by atoms with van der Waals surface area (Å²) in [5, 5.41) is 1.88. The van der Waals surface area contributed by atoms with Crippen molar-refractivity contribution in [3.8, 4) is 11.3 Å². The molecular formula is C29H38N+. The molecule has 1 saturated carbocycles. The fourth-order valence-electron chi connectivity index (χ4n) is 4.96. The van der Waals surface area contributed by atoms with Crippen LogP contribution in [0.25, 0.3) is 22.0 Å². The van der Waals surface area contributed by atoms with Gasteiger partial charge in [-0.05, 0) is 96.5 Å². The average Bonchev–Trinajstić information content (AvgIpc) is 2.74. The fraction of sp³-hybridized carbons (Fsp3) is 0.483. The smallest absolute Gasteiger partial charge is 0.200 e. The summed E-state index contributed by atoms with van der Waals surface area (Å²) in [6.07, 6.45) is 5.07. The Morgan fingerprint density at radius 1 is 1.10 bits per heavy atom. The predicted molar refractivity (Wildman–Crippen MR) is 129 cm³/mol. The topological polar surface area (TPSA) is 3.88 Å². The summed E-state index contributed by atoms with van der Waals surface area (Å²) in [5.74, 6) is -0.173. The van der Waals surface area contributed by atoms with Crippen molar-refractivity contribution in [1.29, 1.82) is 0 Å². The van der Waals surface area contributed by atoms with Gasteiger partial charge in [0.25, 0.3) is 0 Å². The van der Waals surface area contributed by atoms with Crippen molar-refractivity contribution in [2.75, 3.05) is 0 Å². The first-order valence-electron chi connectivity index (χ1n) is 12.8. The van der Waals surface area contributed by atoms with Crippen molar-refractivity contribution in [3.63, 3.8) is 0 Å². The van der Waals surface area contributed by atoms with Gasteiger partial charge in [0.15, 0.2) is 6.17 Å². The van der Waals surface area contributed by atoms with Crippen LogP contribution >= 0.6 is 0 Å². The van der Waals surface area contributed by atoms with E-state index in [9.17, 15) is 0 Å². The second kappa shape index (κ2) is 7.84. The van der Waals surface area contributed by atoms with E-state index in [1.54, 1.807) is 0 Å². The molecule has 158 valence electrons. The molecule has 0 radical (unpaired) electrons. The maximum Gasteiger partial charge on any atom is 0.220 e. The van der Waals surface area contributed by atoms with Gasteiger partial charge in [-0.15, -0.1) is 0 Å². The minimum absolute atomic E-state index is 0.229. The van der Waals surface area contributed by atoms with Gasteiger partial charge in [-0.2, -0.15) is 0 Å². The standard InChI is InChI=1S/C29H38N/c1-19(2)25-16-20(3)21(4)27(18-25)28-26-9-8-23(17-24(26)12-15-30(28)7)22-10-13-29(5,6)14-11-22/h8-9,12,15-19,22H,10-11,13-14H2,1-7H3/q+1/i12D,15D,19D. The molecule has 4 rings (SSSR count). The minimum Gasteiger partial charge on any atom is -0.200 e. The summed E-state index contributed by atoms with van der Waals surface area (Å²) < 4.78 is 27.9. The number of hydrogen-bond donors (Lipinski definition) is 0. The van der Waals surface area contributed by atoms with Gasteiger partial charge >= 0.3 is 0 Å². The molecule has 2 aromatic carbocycles. The number of benzene rings is 2. The van der Waals surface area contributed by atoms with Crippen molar-refractivity contribution in [2.24, 2.45) is 12.5 Å². The molecule has 3 aromatic rings. The van der Waals surface area contributed by atoms with E-state index in [1.807, 2.05) is 25.5 Å². The SMILES string of the molecule is [2H]c1c([2H])[n+](C)c(-c2cc(C([2H])(C)C)cc(C)c2C)c2ccc(C3CCC(C)(C)CC3)cc12. The van der Waals surface area contributed by atoms with Crippen LogP contribution in [0.4, 0.5) is 0 Å². The van der Waals surface area contributed by atoms with E-state index in [4.69, 9.17) is 4.11 Å². The van der Waals surface area contributed by atoms with E-state index in [0.29, 0.717) is 17.4 Å². The Bertz CT molecular complexity index is 1220. The molecule has 0 amide bonds. The summed E-state index contributed by atoms with van der Waals surface area (Å²) in [7, 11) is 1.89. The fourth-order valence-corrected chi connectivity index (χ4v) is 4.96. The van der Waals surface area contributed by atoms with Crippen LogP contribution in [-0.4, -0.2) is 0 Å². The van der Waals surface area contributed by atoms with Crippen molar-refractivity contribution in [2.45, 2.75) is 79.0 Å². The molecule has 0 saturated heterocycles. The first-order chi connectivity index (χ1) is 15.3. The molecule has 1 aliphatic rings. The van der Waals surface area contributed by atoms with Crippen molar-refractivity contribution in [1.82, 2.24) is 0 Å². The molecule has 0 bridgehead atoms. The molecule has 0 aliphatic heterocycles. The third-order valence-corrected chi connectivity index (χ3v) is 7.30. The second-order valence-corrected chi connectivity index (χ2v) is 10.4. The van der Waals surface area contributed by atoms with Crippen molar-refractivity contribution < 1.29 is 8.68 Å². The van der Waals surface area contributed by atoms with Gasteiger partial charge in [-0.1, -0.05) is 45.9 Å². The Morgan fingerprint density at radius 3 is 2.47 bits per heavy atom. The molecule has 1 fully saturated rings. The first-order valence-corrected chi connectivity index (χ1v) is 11.3. The van der Waals surface area contributed by atoms with Gasteiger partial charge in [0.1, 0.15) is 8.42 Å². The second-order valence-electron chi connectivity index (χ2n) is 10.4. The molecular weight excluding hydrogens is 362 g/mol. The zero-order chi connectivity index (χ0) is 24.3. The maximum atomic E-state index is 8.76. The zero-order valence-electron chi connectivity index (χ0n) is 22.7. The van der Waals surface area contributed by atoms with Crippen LogP contribution < -0.4 is 4.57 Å². The zero-order valence-corrected chi connectivity index (χ0v) is 19.7. The van der Waals surface area contributed by atoms with E-state index in [0.717, 1.165) is 38.7 Å². The van der Waals surface area contributed by atoms with Crippen LogP contribution in [0, 0.1) is 19.3 Å². The van der Waals surface area contributed by atoms with Crippen LogP contribution in [0.5, 0.6) is 0 Å². The third kappa shape index (κ3) is 3.92. The van der Waals surface area contributed by atoms with E-state index in [1.165, 1.54) is 31.2 Å². The number of fused-ring (bicyclic) bond motifs is 1. The van der Waals surface area contributed by atoms with Crippen molar-refractivity contribution >= 4 is 10.8 Å². The van der Waals surface area contributed by atoms with Gasteiger partial charge in [-0.3, -0.25) is 0 Å². The Hall–Kier alpha value is -2.15. The summed E-state index contributed by atoms with van der Waals surface area (Å²) in [6.45, 7) is 12.8. The number of aromatic nitrogens is 1. The molecule has 0 N–H and O–H groups in total. The molecule has 30 heavy (non-hydrogen) atoms. The van der Waals surface area contributed by atoms with Crippen LogP contribution in [0.15, 0.2) is 42.5 Å². The van der Waals surface area contributed by atoms with Gasteiger partial charge in [0, 0.05) is 7.41 Å². The monoisotopic (exact) mass is 403 g/mol. The summed E-state index contributed by atoms with van der Waals surface area (Å²) >= 11 is 0. The Morgan fingerprint density at radius 2 is 1.80 bits per heavy atom. The predicted octanol–water partition coefficient (Wildman–Crippen LogP) is 7.76. The van der Waals surface area contributed by atoms with Crippen LogP contribution in [0.3, 0.4) is 0 Å². The Labute approximate surface area is 187 Å². The lowest BCUT2D eigenvalue weighted by Gasteiger charge is -2.34. The Kier molecular flexibility index (Phi) is 4.58. The number of aryl methyl sites for hydroxylation is 1. The lowest BCUT2D eigenvalue weighted by atomic mass is 9.71. The van der Waals surface area contributed by atoms with Gasteiger partial charge < -0.3 is 0 Å². The van der Waals surface area contributed by atoms with E-state index >= 15 is 0 Å². The largest absolute Gasteiger partial charge is 0.220 e. The highest BCUT2D eigenvalue weighted by Gasteiger charge is 2.28. The molecule has 1 heterocycles. The lowest BCUT2D eigenvalue weighted by molar-refractivity contribution is -0.659. The van der Waals surface area contributed by atoms with E-state index in [-0.39, 0.29) is 6.17 Å². The summed E-state index contributed by atoms with van der Waals surface area (Å²) in [6, 6.07) is 11.1. The molecule has 0 spiro atoms. The highest BCUT2D eigenvalue weighted by molar-refractivity contribution is 5.94. The normalized spacial score (nSPS) is 18.8. The van der Waals surface area contributed by atoms with Crippen LogP contribution in [0.2, 0.25) is 0 Å². The number of rotatable bonds is 3. The highest BCUT2D eigenvalue weighted by atomic mass is 14.9. The van der Waals surface area contributed by atoms with Crippen molar-refractivity contribution in [3.05, 3.63) is 64.8 Å². The average molecular weight is 404 g/mol. The first kappa shape index (κ1) is 17.5. The lowest BCUT2D eigenvalue weighted by Crippen LogP contribution is -2.31. The maximum absolute atomic E-state index is 8.76. The van der Waals surface area contributed by atoms with Crippen LogP contribution in [-0.2, 0) is 7.05 Å². The van der Waals surface area contributed by atoms with Crippen LogP contribution in [0.1, 0.15) is 91.6 Å².